The number of ether oxygens (including phenoxy) is 1. The Morgan fingerprint density at radius 1 is 1.22 bits per heavy atom. The highest BCUT2D eigenvalue weighted by Crippen LogP contribution is 2.30. The second-order valence-electron chi connectivity index (χ2n) is 4.39. The zero-order valence-corrected chi connectivity index (χ0v) is 11.2. The molecule has 1 unspecified atom stereocenters. The van der Waals surface area contributed by atoms with Gasteiger partial charge in [-0.1, -0.05) is 0 Å². The molecule has 0 amide bonds. The molecule has 2 N–H and O–H groups in total. The molecule has 0 saturated heterocycles. The first kappa shape index (κ1) is 12.6. The molecule has 4 nitrogen and oxygen atoms in total. The van der Waals surface area contributed by atoms with Gasteiger partial charge in [0.15, 0.2) is 0 Å². The molecule has 0 bridgehead atoms. The second kappa shape index (κ2) is 4.82. The molecule has 0 fully saturated rings. The topological polar surface area (TPSA) is 61.3 Å². The van der Waals surface area contributed by atoms with Gasteiger partial charge in [0.1, 0.15) is 17.3 Å². The van der Waals surface area contributed by atoms with Gasteiger partial charge in [-0.25, -0.2) is 0 Å². The van der Waals surface area contributed by atoms with Crippen LogP contribution in [0.3, 0.4) is 0 Å². The zero-order chi connectivity index (χ0) is 13.3. The number of nitrogens with two attached hydrogens (primary N) is 1. The lowest BCUT2D eigenvalue weighted by molar-refractivity contribution is 0.412. The first-order chi connectivity index (χ1) is 8.54. The summed E-state index contributed by atoms with van der Waals surface area (Å²) in [4.78, 5) is 4.13. The van der Waals surface area contributed by atoms with Gasteiger partial charge in [-0.05, 0) is 38.0 Å². The van der Waals surface area contributed by atoms with Crippen LogP contribution in [0, 0.1) is 20.8 Å². The van der Waals surface area contributed by atoms with E-state index in [-0.39, 0.29) is 6.04 Å². The number of methoxy groups -OCH3 is 1. The van der Waals surface area contributed by atoms with E-state index in [1.807, 2.05) is 26.8 Å². The zero-order valence-electron chi connectivity index (χ0n) is 11.2. The van der Waals surface area contributed by atoms with Gasteiger partial charge in [-0.2, -0.15) is 0 Å². The number of furan rings is 1. The van der Waals surface area contributed by atoms with E-state index in [2.05, 4.69) is 4.98 Å². The van der Waals surface area contributed by atoms with Crippen LogP contribution in [-0.2, 0) is 0 Å². The number of rotatable bonds is 3. The minimum atomic E-state index is -0.245. The van der Waals surface area contributed by atoms with Crippen molar-refractivity contribution >= 4 is 0 Å². The van der Waals surface area contributed by atoms with E-state index in [9.17, 15) is 0 Å². The third-order valence-corrected chi connectivity index (χ3v) is 3.26. The Labute approximate surface area is 107 Å². The van der Waals surface area contributed by atoms with E-state index in [4.69, 9.17) is 14.9 Å². The maximum atomic E-state index is 6.30. The van der Waals surface area contributed by atoms with Crippen molar-refractivity contribution in [3.05, 3.63) is 46.7 Å². The van der Waals surface area contributed by atoms with Crippen molar-refractivity contribution in [2.24, 2.45) is 5.73 Å². The Hall–Kier alpha value is -1.81. The molecule has 0 saturated carbocycles. The van der Waals surface area contributed by atoms with E-state index < -0.39 is 0 Å². The number of pyridine rings is 1. The van der Waals surface area contributed by atoms with Gasteiger partial charge in [0.05, 0.1) is 19.3 Å². The molecular weight excluding hydrogens is 228 g/mol. The largest absolute Gasteiger partial charge is 0.495 e. The predicted molar refractivity (Wildman–Crippen MR) is 69.7 cm³/mol. The van der Waals surface area contributed by atoms with Crippen molar-refractivity contribution in [1.29, 1.82) is 0 Å². The second-order valence-corrected chi connectivity index (χ2v) is 4.39. The molecule has 4 heteroatoms. The number of aromatic nitrogens is 1. The molecule has 0 radical (unpaired) electrons. The molecule has 2 aromatic rings. The quantitative estimate of drug-likeness (QED) is 0.904. The Bertz CT molecular complexity index is 561. The van der Waals surface area contributed by atoms with Crippen LogP contribution in [0.15, 0.2) is 22.9 Å². The summed E-state index contributed by atoms with van der Waals surface area (Å²) >= 11 is 0. The molecule has 2 rings (SSSR count). The minimum absolute atomic E-state index is 0.245. The molecule has 0 spiro atoms. The summed E-state index contributed by atoms with van der Waals surface area (Å²) in [6, 6.07) is 1.66. The number of nitrogens with zero attached hydrogens (tertiary/aromatic N) is 1. The van der Waals surface area contributed by atoms with Crippen LogP contribution >= 0.6 is 0 Å². The van der Waals surface area contributed by atoms with E-state index in [0.29, 0.717) is 5.75 Å². The van der Waals surface area contributed by atoms with Crippen LogP contribution in [0.4, 0.5) is 0 Å². The van der Waals surface area contributed by atoms with Gasteiger partial charge in [0, 0.05) is 11.8 Å². The summed E-state index contributed by atoms with van der Waals surface area (Å²) in [6.07, 6.45) is 3.42. The van der Waals surface area contributed by atoms with Crippen LogP contribution in [-0.4, -0.2) is 12.1 Å². The van der Waals surface area contributed by atoms with Crippen molar-refractivity contribution in [1.82, 2.24) is 4.98 Å². The van der Waals surface area contributed by atoms with Gasteiger partial charge >= 0.3 is 0 Å². The molecule has 0 aliphatic heterocycles. The highest BCUT2D eigenvalue weighted by molar-refractivity contribution is 5.40. The molecule has 96 valence electrons. The van der Waals surface area contributed by atoms with Gasteiger partial charge in [-0.3, -0.25) is 4.98 Å². The molecular formula is C14H18N2O2. The normalized spacial score (nSPS) is 12.5. The Balaban J connectivity index is 2.44. The highest BCUT2D eigenvalue weighted by Gasteiger charge is 2.19. The maximum Gasteiger partial charge on any atom is 0.137 e. The average Bonchev–Trinajstić information content (AvgIpc) is 2.62. The molecule has 1 atom stereocenters. The summed E-state index contributed by atoms with van der Waals surface area (Å²) in [7, 11) is 1.62. The summed E-state index contributed by atoms with van der Waals surface area (Å²) < 4.78 is 10.8. The molecule has 2 heterocycles. The smallest absolute Gasteiger partial charge is 0.137 e. The predicted octanol–water partition coefficient (Wildman–Crippen LogP) is 2.66. The van der Waals surface area contributed by atoms with E-state index in [1.54, 1.807) is 19.5 Å². The van der Waals surface area contributed by atoms with E-state index in [0.717, 1.165) is 28.2 Å². The fourth-order valence-electron chi connectivity index (χ4n) is 2.15. The fourth-order valence-corrected chi connectivity index (χ4v) is 2.15. The summed E-state index contributed by atoms with van der Waals surface area (Å²) in [5.74, 6) is 2.48. The number of hydrogen-bond acceptors (Lipinski definition) is 4. The lowest BCUT2D eigenvalue weighted by Gasteiger charge is -2.13. The number of aryl methyl sites for hydroxylation is 2. The van der Waals surface area contributed by atoms with Crippen molar-refractivity contribution < 1.29 is 9.15 Å². The molecule has 2 aromatic heterocycles. The van der Waals surface area contributed by atoms with Crippen molar-refractivity contribution in [3.63, 3.8) is 0 Å². The van der Waals surface area contributed by atoms with Crippen molar-refractivity contribution in [2.75, 3.05) is 7.11 Å². The standard InChI is InChI=1S/C14H18N2O2/c1-8-9(2)18-10(3)13(8)14(15)11-5-12(17-4)7-16-6-11/h5-7,14H,15H2,1-4H3. The minimum Gasteiger partial charge on any atom is -0.495 e. The lowest BCUT2D eigenvalue weighted by Crippen LogP contribution is -2.13. The van der Waals surface area contributed by atoms with E-state index in [1.165, 1.54) is 0 Å². The average molecular weight is 246 g/mol. The first-order valence-electron chi connectivity index (χ1n) is 5.85. The van der Waals surface area contributed by atoms with Crippen LogP contribution in [0.5, 0.6) is 5.75 Å². The highest BCUT2D eigenvalue weighted by atomic mass is 16.5. The Kier molecular flexibility index (Phi) is 3.39. The van der Waals surface area contributed by atoms with Crippen LogP contribution in [0.2, 0.25) is 0 Å². The summed E-state index contributed by atoms with van der Waals surface area (Å²) in [6.45, 7) is 5.90. The van der Waals surface area contributed by atoms with Crippen LogP contribution in [0.1, 0.15) is 34.3 Å². The van der Waals surface area contributed by atoms with Crippen molar-refractivity contribution in [3.8, 4) is 5.75 Å². The number of hydrogen-bond donors (Lipinski definition) is 1. The molecule has 0 aliphatic rings. The van der Waals surface area contributed by atoms with Crippen molar-refractivity contribution in [2.45, 2.75) is 26.8 Å². The third-order valence-electron chi connectivity index (χ3n) is 3.26. The maximum absolute atomic E-state index is 6.30. The molecule has 0 aliphatic carbocycles. The van der Waals surface area contributed by atoms with Crippen LogP contribution in [0.25, 0.3) is 0 Å². The van der Waals surface area contributed by atoms with Crippen LogP contribution < -0.4 is 10.5 Å². The van der Waals surface area contributed by atoms with E-state index >= 15 is 0 Å². The molecule has 0 aromatic carbocycles. The fraction of sp³-hybridized carbons (Fsp3) is 0.357. The Morgan fingerprint density at radius 3 is 2.50 bits per heavy atom. The summed E-state index contributed by atoms with van der Waals surface area (Å²) in [5.41, 5.74) is 9.35. The van der Waals surface area contributed by atoms with Gasteiger partial charge in [0.25, 0.3) is 0 Å². The SMILES string of the molecule is COc1cncc(C(N)c2c(C)oc(C)c2C)c1. The third kappa shape index (κ3) is 2.11. The molecule has 18 heavy (non-hydrogen) atoms. The Morgan fingerprint density at radius 2 is 1.94 bits per heavy atom. The van der Waals surface area contributed by atoms with Gasteiger partial charge < -0.3 is 14.9 Å². The first-order valence-corrected chi connectivity index (χ1v) is 5.85. The lowest BCUT2D eigenvalue weighted by atomic mass is 9.97. The van der Waals surface area contributed by atoms with Gasteiger partial charge in [-0.15, -0.1) is 0 Å². The van der Waals surface area contributed by atoms with Gasteiger partial charge in [0.2, 0.25) is 0 Å². The monoisotopic (exact) mass is 246 g/mol. The summed E-state index contributed by atoms with van der Waals surface area (Å²) in [5, 5.41) is 0.